The number of nitrogens with zero attached hydrogens (tertiary/aromatic N) is 2. The fourth-order valence-corrected chi connectivity index (χ4v) is 4.81. The molecule has 0 aromatic heterocycles. The minimum atomic E-state index is -0.669. The molecule has 1 fully saturated rings. The van der Waals surface area contributed by atoms with Crippen LogP contribution in [0, 0.1) is 5.82 Å². The number of morpholine rings is 1. The minimum Gasteiger partial charge on any atom is -0.444 e. The van der Waals surface area contributed by atoms with Crippen LogP contribution in [0.25, 0.3) is 0 Å². The molecular weight excluding hydrogens is 601 g/mol. The molecule has 0 unspecified atom stereocenters. The van der Waals surface area contributed by atoms with Crippen LogP contribution in [-0.2, 0) is 16.0 Å². The van der Waals surface area contributed by atoms with Crippen LogP contribution < -0.4 is 16.0 Å². The lowest BCUT2D eigenvalue weighted by Gasteiger charge is -2.28. The average molecular weight is 640 g/mol. The molecule has 10 nitrogen and oxygen atoms in total. The number of carbonyl (C=O) groups excluding carboxylic acids is 3. The van der Waals surface area contributed by atoms with Gasteiger partial charge in [0.25, 0.3) is 5.91 Å². The Labute approximate surface area is 267 Å². The third-order valence-corrected chi connectivity index (χ3v) is 7.15. The molecule has 0 radical (unpaired) electrons. The van der Waals surface area contributed by atoms with E-state index in [4.69, 9.17) is 21.1 Å². The number of nitrogens with one attached hydrogen (secondary N) is 3. The van der Waals surface area contributed by atoms with Crippen molar-refractivity contribution in [3.63, 3.8) is 0 Å². The van der Waals surface area contributed by atoms with Gasteiger partial charge in [0.05, 0.1) is 29.6 Å². The first-order valence-corrected chi connectivity index (χ1v) is 15.1. The summed E-state index contributed by atoms with van der Waals surface area (Å²) in [5.74, 6) is -0.933. The van der Waals surface area contributed by atoms with E-state index in [-0.39, 0.29) is 23.5 Å². The average Bonchev–Trinajstić information content (AvgIpc) is 2.99. The predicted molar refractivity (Wildman–Crippen MR) is 173 cm³/mol. The first-order valence-electron chi connectivity index (χ1n) is 14.8. The van der Waals surface area contributed by atoms with Gasteiger partial charge >= 0.3 is 12.1 Å². The maximum Gasteiger partial charge on any atom is 0.412 e. The second-order valence-corrected chi connectivity index (χ2v) is 12.0. The summed E-state index contributed by atoms with van der Waals surface area (Å²) in [6.45, 7) is 9.97. The summed E-state index contributed by atoms with van der Waals surface area (Å²) >= 11 is 5.91. The van der Waals surface area contributed by atoms with Gasteiger partial charge in [-0.05, 0) is 75.2 Å². The highest BCUT2D eigenvalue weighted by molar-refractivity contribution is 6.31. The summed E-state index contributed by atoms with van der Waals surface area (Å²) in [7, 11) is 0. The number of urea groups is 1. The molecule has 0 saturated carbocycles. The van der Waals surface area contributed by atoms with Crippen molar-refractivity contribution < 1.29 is 28.2 Å². The van der Waals surface area contributed by atoms with Crippen molar-refractivity contribution in [2.24, 2.45) is 0 Å². The van der Waals surface area contributed by atoms with Gasteiger partial charge in [0.2, 0.25) is 0 Å². The number of ether oxygens (including phenoxy) is 2. The van der Waals surface area contributed by atoms with Crippen LogP contribution in [-0.4, -0.2) is 72.8 Å². The zero-order chi connectivity index (χ0) is 32.4. The third-order valence-electron chi connectivity index (χ3n) is 6.86. The maximum atomic E-state index is 13.6. The van der Waals surface area contributed by atoms with Gasteiger partial charge in [0.15, 0.2) is 0 Å². The molecule has 0 atom stereocenters. The first-order chi connectivity index (χ1) is 21.5. The van der Waals surface area contributed by atoms with E-state index in [0.29, 0.717) is 42.4 Å². The fourth-order valence-electron chi connectivity index (χ4n) is 4.63. The molecule has 1 aliphatic rings. The van der Waals surface area contributed by atoms with Crippen molar-refractivity contribution in [1.29, 1.82) is 0 Å². The summed E-state index contributed by atoms with van der Waals surface area (Å²) in [5.41, 5.74) is 1.75. The van der Waals surface area contributed by atoms with Gasteiger partial charge < -0.3 is 25.0 Å². The lowest BCUT2D eigenvalue weighted by Crippen LogP contribution is -2.40. The number of para-hydroxylation sites is 2. The van der Waals surface area contributed by atoms with Crippen molar-refractivity contribution in [3.05, 3.63) is 88.7 Å². The number of hydrogen-bond donors (Lipinski definition) is 3. The Hall–Kier alpha value is -4.19. The zero-order valence-electron chi connectivity index (χ0n) is 25.7. The van der Waals surface area contributed by atoms with Crippen LogP contribution >= 0.6 is 11.6 Å². The Morgan fingerprint density at radius 1 is 0.956 bits per heavy atom. The molecule has 45 heavy (non-hydrogen) atoms. The largest absolute Gasteiger partial charge is 0.444 e. The van der Waals surface area contributed by atoms with E-state index in [0.717, 1.165) is 31.6 Å². The molecule has 3 aromatic rings. The van der Waals surface area contributed by atoms with Crippen LogP contribution in [0.4, 0.5) is 31.0 Å². The SMILES string of the molecule is CC(C)(C)OC(=O)Nc1ccccc1NC(=O)c1ccc(CN(CCCN2CCOCC2)C(=O)Nc2ccc(F)c(Cl)c2)cc1. The molecule has 3 aromatic carbocycles. The van der Waals surface area contributed by atoms with Gasteiger partial charge in [-0.25, -0.2) is 14.0 Å². The summed E-state index contributed by atoms with van der Waals surface area (Å²) in [5, 5.41) is 8.23. The Morgan fingerprint density at radius 2 is 1.62 bits per heavy atom. The van der Waals surface area contributed by atoms with E-state index in [1.54, 1.807) is 74.2 Å². The molecule has 1 aliphatic heterocycles. The number of anilines is 3. The van der Waals surface area contributed by atoms with E-state index in [1.165, 1.54) is 18.2 Å². The van der Waals surface area contributed by atoms with E-state index in [9.17, 15) is 18.8 Å². The van der Waals surface area contributed by atoms with Crippen molar-refractivity contribution in [2.75, 3.05) is 55.3 Å². The fraction of sp³-hybridized carbons (Fsp3) is 0.364. The van der Waals surface area contributed by atoms with Crippen LogP contribution in [0.15, 0.2) is 66.7 Å². The van der Waals surface area contributed by atoms with E-state index in [1.807, 2.05) is 0 Å². The normalized spacial score (nSPS) is 13.5. The monoisotopic (exact) mass is 639 g/mol. The Bertz CT molecular complexity index is 1480. The van der Waals surface area contributed by atoms with E-state index in [2.05, 4.69) is 20.9 Å². The molecule has 0 spiro atoms. The quantitative estimate of drug-likeness (QED) is 0.224. The number of rotatable bonds is 10. The Kier molecular flexibility index (Phi) is 11.8. The Morgan fingerprint density at radius 3 is 2.27 bits per heavy atom. The number of carbonyl (C=O) groups is 3. The second kappa shape index (κ2) is 15.7. The Balaban J connectivity index is 1.41. The van der Waals surface area contributed by atoms with Crippen molar-refractivity contribution in [1.82, 2.24) is 9.80 Å². The molecule has 0 bridgehead atoms. The molecule has 3 N–H and O–H groups in total. The van der Waals surface area contributed by atoms with Crippen LogP contribution in [0.1, 0.15) is 43.1 Å². The highest BCUT2D eigenvalue weighted by atomic mass is 35.5. The standard InChI is InChI=1S/C33H39ClFN5O5/c1-33(2,3)45-32(43)38-29-8-5-4-7-28(29)37-30(41)24-11-9-23(10-12-24)22-40(16-6-15-39-17-19-44-20-18-39)31(42)36-25-13-14-27(35)26(34)21-25/h4-5,7-14,21H,6,15-20,22H2,1-3H3,(H,36,42)(H,37,41)(H,38,43). The summed E-state index contributed by atoms with van der Waals surface area (Å²) in [6, 6.07) is 17.5. The topological polar surface area (TPSA) is 112 Å². The summed E-state index contributed by atoms with van der Waals surface area (Å²) < 4.78 is 24.4. The highest BCUT2D eigenvalue weighted by Crippen LogP contribution is 2.24. The summed E-state index contributed by atoms with van der Waals surface area (Å²) in [4.78, 5) is 42.6. The number of hydrogen-bond acceptors (Lipinski definition) is 6. The van der Waals surface area contributed by atoms with Crippen molar-refractivity contribution >= 4 is 46.7 Å². The van der Waals surface area contributed by atoms with E-state index < -0.39 is 17.5 Å². The summed E-state index contributed by atoms with van der Waals surface area (Å²) in [6.07, 6.45) is 0.115. The lowest BCUT2D eigenvalue weighted by molar-refractivity contribution is 0.0365. The van der Waals surface area contributed by atoms with E-state index >= 15 is 0 Å². The van der Waals surface area contributed by atoms with Gasteiger partial charge in [-0.1, -0.05) is 35.9 Å². The maximum absolute atomic E-state index is 13.6. The predicted octanol–water partition coefficient (Wildman–Crippen LogP) is 6.83. The molecule has 12 heteroatoms. The highest BCUT2D eigenvalue weighted by Gasteiger charge is 2.19. The third kappa shape index (κ3) is 10.7. The van der Waals surface area contributed by atoms with Gasteiger partial charge in [-0.3, -0.25) is 15.0 Å². The van der Waals surface area contributed by atoms with Gasteiger partial charge in [0, 0.05) is 44.0 Å². The molecule has 1 heterocycles. The zero-order valence-corrected chi connectivity index (χ0v) is 26.5. The van der Waals surface area contributed by atoms with Gasteiger partial charge in [0.1, 0.15) is 11.4 Å². The number of amides is 4. The van der Waals surface area contributed by atoms with Crippen LogP contribution in [0.2, 0.25) is 5.02 Å². The molecule has 0 aliphatic carbocycles. The molecule has 4 rings (SSSR count). The van der Waals surface area contributed by atoms with Gasteiger partial charge in [-0.2, -0.15) is 0 Å². The number of benzene rings is 3. The van der Waals surface area contributed by atoms with Crippen LogP contribution in [0.5, 0.6) is 0 Å². The smallest absolute Gasteiger partial charge is 0.412 e. The first kappa shape index (κ1) is 33.7. The minimum absolute atomic E-state index is 0.0798. The van der Waals surface area contributed by atoms with Gasteiger partial charge in [-0.15, -0.1) is 0 Å². The second-order valence-electron chi connectivity index (χ2n) is 11.6. The number of halogens is 2. The van der Waals surface area contributed by atoms with Crippen molar-refractivity contribution in [2.45, 2.75) is 39.3 Å². The molecular formula is C33H39ClFN5O5. The molecule has 1 saturated heterocycles. The van der Waals surface area contributed by atoms with Crippen LogP contribution in [0.3, 0.4) is 0 Å². The van der Waals surface area contributed by atoms with Crippen molar-refractivity contribution in [3.8, 4) is 0 Å². The molecule has 240 valence electrons. The molecule has 4 amide bonds. The lowest BCUT2D eigenvalue weighted by atomic mass is 10.1.